The topological polar surface area (TPSA) is 15.6 Å². The third-order valence-electron chi connectivity index (χ3n) is 3.83. The first-order valence-electron chi connectivity index (χ1n) is 7.58. The van der Waals surface area contributed by atoms with Gasteiger partial charge in [-0.25, -0.2) is 9.38 Å². The lowest BCUT2D eigenvalue weighted by molar-refractivity contribution is 0.552. The molecular formula is C19H23FN2. The average Bonchev–Trinajstić information content (AvgIpc) is 2.49. The minimum atomic E-state index is -0.185. The van der Waals surface area contributed by atoms with E-state index in [0.29, 0.717) is 0 Å². The fourth-order valence-corrected chi connectivity index (χ4v) is 2.30. The highest BCUT2D eigenvalue weighted by molar-refractivity contribution is 5.64. The number of nitrogens with zero attached hydrogens (tertiary/aromatic N) is 2. The highest BCUT2D eigenvalue weighted by Gasteiger charge is 2.06. The van der Waals surface area contributed by atoms with Gasteiger partial charge in [0, 0.05) is 13.6 Å². The first-order valence-corrected chi connectivity index (χ1v) is 7.58. The maximum absolute atomic E-state index is 13.3. The lowest BCUT2D eigenvalue weighted by Gasteiger charge is -2.12. The average molecular weight is 298 g/mol. The molecule has 0 aliphatic carbocycles. The van der Waals surface area contributed by atoms with Crippen molar-refractivity contribution < 1.29 is 4.39 Å². The van der Waals surface area contributed by atoms with Gasteiger partial charge in [0.15, 0.2) is 0 Å². The molecule has 116 valence electrons. The lowest BCUT2D eigenvalue weighted by atomic mass is 9.97. The van der Waals surface area contributed by atoms with Crippen LogP contribution in [-0.4, -0.2) is 24.8 Å². The number of hydrogen-bond donors (Lipinski definition) is 0. The summed E-state index contributed by atoms with van der Waals surface area (Å²) in [6.07, 6.45) is 2.59. The predicted octanol–water partition coefficient (Wildman–Crippen LogP) is 4.64. The van der Waals surface area contributed by atoms with Crippen LogP contribution in [0.15, 0.2) is 41.4 Å². The molecule has 0 N–H and O–H groups in total. The van der Waals surface area contributed by atoms with Crippen molar-refractivity contribution in [3.8, 4) is 0 Å². The quantitative estimate of drug-likeness (QED) is 0.580. The molecule has 0 spiro atoms. The summed E-state index contributed by atoms with van der Waals surface area (Å²) in [6.45, 7) is 7.16. The van der Waals surface area contributed by atoms with Crippen LogP contribution in [-0.2, 0) is 6.42 Å². The largest absolute Gasteiger partial charge is 0.366 e. The summed E-state index contributed by atoms with van der Waals surface area (Å²) in [5, 5.41) is 0. The van der Waals surface area contributed by atoms with Gasteiger partial charge in [-0.2, -0.15) is 0 Å². The van der Waals surface area contributed by atoms with Gasteiger partial charge in [-0.05, 0) is 67.6 Å². The van der Waals surface area contributed by atoms with E-state index in [9.17, 15) is 4.39 Å². The third-order valence-corrected chi connectivity index (χ3v) is 3.83. The summed E-state index contributed by atoms with van der Waals surface area (Å²) in [4.78, 5) is 6.58. The van der Waals surface area contributed by atoms with E-state index >= 15 is 0 Å². The van der Waals surface area contributed by atoms with Crippen LogP contribution in [0.25, 0.3) is 0 Å². The van der Waals surface area contributed by atoms with Crippen LogP contribution in [0.4, 0.5) is 10.1 Å². The van der Waals surface area contributed by atoms with E-state index in [1.807, 2.05) is 24.4 Å². The molecule has 0 unspecified atom stereocenters. The molecule has 2 nitrogen and oxygen atoms in total. The van der Waals surface area contributed by atoms with E-state index in [-0.39, 0.29) is 5.82 Å². The van der Waals surface area contributed by atoms with E-state index in [1.54, 1.807) is 12.1 Å². The fraction of sp³-hybridized carbons (Fsp3) is 0.316. The standard InChI is InChI=1S/C19H23FN2/c1-5-22(4)13-21-19-10-14(2)17(9-15(19)3)11-16-7-6-8-18(20)12-16/h6-10,12-13H,5,11H2,1-4H3. The molecule has 0 amide bonds. The van der Waals surface area contributed by atoms with Crippen LogP contribution in [0.2, 0.25) is 0 Å². The summed E-state index contributed by atoms with van der Waals surface area (Å²) < 4.78 is 13.3. The Balaban J connectivity index is 2.24. The third kappa shape index (κ3) is 4.17. The van der Waals surface area contributed by atoms with Gasteiger partial charge < -0.3 is 4.90 Å². The first-order chi connectivity index (χ1) is 10.5. The Hall–Kier alpha value is -2.16. The molecule has 2 aromatic rings. The van der Waals surface area contributed by atoms with Gasteiger partial charge in [0.1, 0.15) is 5.82 Å². The highest BCUT2D eigenvalue weighted by Crippen LogP contribution is 2.25. The zero-order valence-corrected chi connectivity index (χ0v) is 13.7. The Morgan fingerprint density at radius 2 is 1.91 bits per heavy atom. The summed E-state index contributed by atoms with van der Waals surface area (Å²) in [7, 11) is 2.00. The van der Waals surface area contributed by atoms with Crippen molar-refractivity contribution >= 4 is 12.0 Å². The zero-order chi connectivity index (χ0) is 16.1. The fourth-order valence-electron chi connectivity index (χ4n) is 2.30. The Morgan fingerprint density at radius 1 is 1.14 bits per heavy atom. The Labute approximate surface area is 132 Å². The maximum atomic E-state index is 13.3. The second-order valence-electron chi connectivity index (χ2n) is 5.69. The number of hydrogen-bond acceptors (Lipinski definition) is 1. The van der Waals surface area contributed by atoms with Gasteiger partial charge in [-0.15, -0.1) is 0 Å². The van der Waals surface area contributed by atoms with Gasteiger partial charge in [0.25, 0.3) is 0 Å². The normalized spacial score (nSPS) is 11.1. The van der Waals surface area contributed by atoms with Gasteiger partial charge in [0.2, 0.25) is 0 Å². The van der Waals surface area contributed by atoms with Gasteiger partial charge in [-0.1, -0.05) is 18.2 Å². The zero-order valence-electron chi connectivity index (χ0n) is 13.7. The van der Waals surface area contributed by atoms with Crippen molar-refractivity contribution in [2.75, 3.05) is 13.6 Å². The molecule has 0 aromatic heterocycles. The SMILES string of the molecule is CCN(C)C=Nc1cc(C)c(Cc2cccc(F)c2)cc1C. The molecule has 0 atom stereocenters. The van der Waals surface area contributed by atoms with Crippen LogP contribution in [0, 0.1) is 19.7 Å². The molecule has 0 aliphatic heterocycles. The van der Waals surface area contributed by atoms with E-state index < -0.39 is 0 Å². The Kier molecular flexibility index (Phi) is 5.31. The predicted molar refractivity (Wildman–Crippen MR) is 91.6 cm³/mol. The monoisotopic (exact) mass is 298 g/mol. The Morgan fingerprint density at radius 3 is 2.59 bits per heavy atom. The van der Waals surface area contributed by atoms with E-state index in [2.05, 4.69) is 37.9 Å². The van der Waals surface area contributed by atoms with Crippen LogP contribution >= 0.6 is 0 Å². The smallest absolute Gasteiger partial charge is 0.123 e. The van der Waals surface area contributed by atoms with Crippen LogP contribution in [0.1, 0.15) is 29.2 Å². The molecule has 2 aromatic carbocycles. The summed E-state index contributed by atoms with van der Waals surface area (Å²) >= 11 is 0. The van der Waals surface area contributed by atoms with Crippen LogP contribution in [0.3, 0.4) is 0 Å². The van der Waals surface area contributed by atoms with Crippen LogP contribution in [0.5, 0.6) is 0 Å². The number of aliphatic imine (C=N–C) groups is 1. The lowest BCUT2D eigenvalue weighted by Crippen LogP contribution is -2.14. The number of halogens is 1. The number of rotatable bonds is 5. The molecule has 0 bridgehead atoms. The molecule has 0 radical (unpaired) electrons. The molecule has 0 saturated heterocycles. The van der Waals surface area contributed by atoms with Gasteiger partial charge in [0.05, 0.1) is 12.0 Å². The Bertz CT molecular complexity index is 677. The molecular weight excluding hydrogens is 275 g/mol. The van der Waals surface area contributed by atoms with Gasteiger partial charge >= 0.3 is 0 Å². The minimum Gasteiger partial charge on any atom is -0.366 e. The minimum absolute atomic E-state index is 0.185. The highest BCUT2D eigenvalue weighted by atomic mass is 19.1. The molecule has 2 rings (SSSR count). The summed E-state index contributed by atoms with van der Waals surface area (Å²) in [6, 6.07) is 11.0. The van der Waals surface area contributed by atoms with Gasteiger partial charge in [-0.3, -0.25) is 0 Å². The van der Waals surface area contributed by atoms with Crippen molar-refractivity contribution in [2.24, 2.45) is 4.99 Å². The molecule has 0 fully saturated rings. The second kappa shape index (κ2) is 7.21. The van der Waals surface area contributed by atoms with Crippen molar-refractivity contribution in [3.05, 3.63) is 64.5 Å². The van der Waals surface area contributed by atoms with E-state index in [4.69, 9.17) is 0 Å². The van der Waals surface area contributed by atoms with Crippen molar-refractivity contribution in [2.45, 2.75) is 27.2 Å². The summed E-state index contributed by atoms with van der Waals surface area (Å²) in [5.74, 6) is -0.185. The van der Waals surface area contributed by atoms with Crippen molar-refractivity contribution in [1.82, 2.24) is 4.90 Å². The second-order valence-corrected chi connectivity index (χ2v) is 5.69. The number of aryl methyl sites for hydroxylation is 2. The molecule has 0 heterocycles. The summed E-state index contributed by atoms with van der Waals surface area (Å²) in [5.41, 5.74) is 5.51. The number of benzene rings is 2. The van der Waals surface area contributed by atoms with Crippen LogP contribution < -0.4 is 0 Å². The maximum Gasteiger partial charge on any atom is 0.123 e. The first kappa shape index (κ1) is 16.2. The van der Waals surface area contributed by atoms with E-state index in [1.165, 1.54) is 17.2 Å². The molecule has 0 aliphatic rings. The van der Waals surface area contributed by atoms with Crippen molar-refractivity contribution in [3.63, 3.8) is 0 Å². The molecule has 22 heavy (non-hydrogen) atoms. The van der Waals surface area contributed by atoms with Crippen molar-refractivity contribution in [1.29, 1.82) is 0 Å². The molecule has 0 saturated carbocycles. The van der Waals surface area contributed by atoms with E-state index in [0.717, 1.165) is 29.8 Å². The molecule has 3 heteroatoms.